The van der Waals surface area contributed by atoms with Gasteiger partial charge in [0, 0.05) is 6.42 Å². The number of hydrogen-bond donors (Lipinski definition) is 1. The molecule has 0 unspecified atom stereocenters. The minimum Gasteiger partial charge on any atom is -0.448 e. The molecule has 1 heterocycles. The van der Waals surface area contributed by atoms with Crippen LogP contribution in [0.1, 0.15) is 24.8 Å². The van der Waals surface area contributed by atoms with E-state index in [0.29, 0.717) is 5.69 Å². The fraction of sp³-hybridized carbons (Fsp3) is 0.571. The number of aliphatic hydroxyl groups excluding tert-OH is 1. The molecular formula is C7H11NO2. The van der Waals surface area contributed by atoms with Crippen molar-refractivity contribution < 1.29 is 9.52 Å². The highest BCUT2D eigenvalue weighted by molar-refractivity contribution is 5.05. The van der Waals surface area contributed by atoms with Crippen LogP contribution in [0.4, 0.5) is 0 Å². The van der Waals surface area contributed by atoms with Gasteiger partial charge in [0.1, 0.15) is 11.5 Å². The standard InChI is InChI=1S/C7H11NO2/c1-2-3-7-6(4-9)8-5-10-7/h5,9H,2-4H2,1H3. The third-order valence-corrected chi connectivity index (χ3v) is 1.35. The first-order valence-electron chi connectivity index (χ1n) is 3.40. The average molecular weight is 141 g/mol. The predicted octanol–water partition coefficient (Wildman–Crippen LogP) is 1.12. The first-order valence-corrected chi connectivity index (χ1v) is 3.40. The van der Waals surface area contributed by atoms with Crippen molar-refractivity contribution in [1.29, 1.82) is 0 Å². The molecule has 1 rings (SSSR count). The zero-order valence-corrected chi connectivity index (χ0v) is 6.00. The molecule has 3 nitrogen and oxygen atoms in total. The Morgan fingerprint density at radius 3 is 3.10 bits per heavy atom. The van der Waals surface area contributed by atoms with Gasteiger partial charge in [-0.15, -0.1) is 0 Å². The van der Waals surface area contributed by atoms with Crippen molar-refractivity contribution >= 4 is 0 Å². The molecule has 0 atom stereocenters. The molecule has 56 valence electrons. The summed E-state index contributed by atoms with van der Waals surface area (Å²) in [4.78, 5) is 3.84. The second-order valence-corrected chi connectivity index (χ2v) is 2.13. The number of nitrogens with zero attached hydrogens (tertiary/aromatic N) is 1. The molecule has 1 aromatic heterocycles. The van der Waals surface area contributed by atoms with Gasteiger partial charge < -0.3 is 9.52 Å². The number of aliphatic hydroxyl groups is 1. The summed E-state index contributed by atoms with van der Waals surface area (Å²) in [6.45, 7) is 2.04. The Morgan fingerprint density at radius 2 is 2.50 bits per heavy atom. The van der Waals surface area contributed by atoms with Crippen molar-refractivity contribution in [2.45, 2.75) is 26.4 Å². The Kier molecular flexibility index (Phi) is 2.45. The summed E-state index contributed by atoms with van der Waals surface area (Å²) in [5.74, 6) is 0.810. The Bertz CT molecular complexity index is 195. The van der Waals surface area contributed by atoms with E-state index in [4.69, 9.17) is 9.52 Å². The lowest BCUT2D eigenvalue weighted by Gasteiger charge is -1.92. The van der Waals surface area contributed by atoms with Gasteiger partial charge in [-0.05, 0) is 6.42 Å². The monoisotopic (exact) mass is 141 g/mol. The molecule has 0 saturated carbocycles. The maximum absolute atomic E-state index is 8.71. The SMILES string of the molecule is CCCc1ocnc1CO. The van der Waals surface area contributed by atoms with Gasteiger partial charge in [-0.3, -0.25) is 0 Å². The Hall–Kier alpha value is -0.830. The molecule has 0 bridgehead atoms. The summed E-state index contributed by atoms with van der Waals surface area (Å²) >= 11 is 0. The van der Waals surface area contributed by atoms with E-state index in [1.165, 1.54) is 6.39 Å². The van der Waals surface area contributed by atoms with Crippen molar-refractivity contribution in [3.05, 3.63) is 17.8 Å². The molecule has 3 heteroatoms. The largest absolute Gasteiger partial charge is 0.448 e. The Morgan fingerprint density at radius 1 is 1.70 bits per heavy atom. The normalized spacial score (nSPS) is 10.2. The molecule has 0 spiro atoms. The molecule has 0 aliphatic rings. The van der Waals surface area contributed by atoms with Crippen LogP contribution in [0, 0.1) is 0 Å². The fourth-order valence-corrected chi connectivity index (χ4v) is 0.853. The highest BCUT2D eigenvalue weighted by Crippen LogP contribution is 2.08. The minimum absolute atomic E-state index is 0.0220. The number of rotatable bonds is 3. The van der Waals surface area contributed by atoms with Crippen molar-refractivity contribution in [2.75, 3.05) is 0 Å². The smallest absolute Gasteiger partial charge is 0.181 e. The number of aromatic nitrogens is 1. The van der Waals surface area contributed by atoms with Crippen molar-refractivity contribution in [1.82, 2.24) is 4.98 Å². The van der Waals surface area contributed by atoms with E-state index >= 15 is 0 Å². The van der Waals surface area contributed by atoms with Crippen LogP contribution in [-0.2, 0) is 13.0 Å². The van der Waals surface area contributed by atoms with Gasteiger partial charge in [-0.1, -0.05) is 6.92 Å². The molecule has 0 fully saturated rings. The number of hydrogen-bond acceptors (Lipinski definition) is 3. The second kappa shape index (κ2) is 3.37. The van der Waals surface area contributed by atoms with Crippen molar-refractivity contribution in [3.63, 3.8) is 0 Å². The highest BCUT2D eigenvalue weighted by atomic mass is 16.3. The molecule has 1 N–H and O–H groups in total. The summed E-state index contributed by atoms with van der Waals surface area (Å²) in [7, 11) is 0. The second-order valence-electron chi connectivity index (χ2n) is 2.13. The summed E-state index contributed by atoms with van der Waals surface area (Å²) in [6.07, 6.45) is 3.24. The molecule has 0 saturated heterocycles. The van der Waals surface area contributed by atoms with Gasteiger partial charge >= 0.3 is 0 Å². The topological polar surface area (TPSA) is 46.3 Å². The first kappa shape index (κ1) is 7.28. The zero-order valence-electron chi connectivity index (χ0n) is 6.00. The summed E-state index contributed by atoms with van der Waals surface area (Å²) < 4.78 is 5.02. The van der Waals surface area contributed by atoms with Gasteiger partial charge in [0.25, 0.3) is 0 Å². The highest BCUT2D eigenvalue weighted by Gasteiger charge is 2.03. The molecule has 10 heavy (non-hydrogen) atoms. The molecule has 1 aromatic rings. The lowest BCUT2D eigenvalue weighted by Crippen LogP contribution is -1.89. The quantitative estimate of drug-likeness (QED) is 0.686. The van der Waals surface area contributed by atoms with E-state index in [1.54, 1.807) is 0 Å². The minimum atomic E-state index is -0.0220. The molecular weight excluding hydrogens is 130 g/mol. The third kappa shape index (κ3) is 1.36. The van der Waals surface area contributed by atoms with Crippen LogP contribution in [0.25, 0.3) is 0 Å². The van der Waals surface area contributed by atoms with Crippen LogP contribution < -0.4 is 0 Å². The van der Waals surface area contributed by atoms with Gasteiger partial charge in [0.15, 0.2) is 6.39 Å². The average Bonchev–Trinajstić information content (AvgIpc) is 2.36. The number of oxazole rings is 1. The Labute approximate surface area is 59.7 Å². The van der Waals surface area contributed by atoms with E-state index in [9.17, 15) is 0 Å². The van der Waals surface area contributed by atoms with Crippen molar-refractivity contribution in [2.24, 2.45) is 0 Å². The van der Waals surface area contributed by atoms with E-state index in [-0.39, 0.29) is 6.61 Å². The van der Waals surface area contributed by atoms with Crippen LogP contribution in [0.3, 0.4) is 0 Å². The van der Waals surface area contributed by atoms with E-state index in [0.717, 1.165) is 18.6 Å². The molecule has 0 aromatic carbocycles. The molecule has 0 aliphatic carbocycles. The lowest BCUT2D eigenvalue weighted by molar-refractivity contribution is 0.274. The van der Waals surface area contributed by atoms with Crippen LogP contribution in [0.5, 0.6) is 0 Å². The van der Waals surface area contributed by atoms with E-state index < -0.39 is 0 Å². The van der Waals surface area contributed by atoms with Gasteiger partial charge in [-0.2, -0.15) is 0 Å². The van der Waals surface area contributed by atoms with Crippen LogP contribution in [0.15, 0.2) is 10.8 Å². The molecule has 0 aliphatic heterocycles. The van der Waals surface area contributed by atoms with Gasteiger partial charge in [0.05, 0.1) is 6.61 Å². The summed E-state index contributed by atoms with van der Waals surface area (Å²) in [5, 5.41) is 8.71. The van der Waals surface area contributed by atoms with Crippen LogP contribution >= 0.6 is 0 Å². The van der Waals surface area contributed by atoms with E-state index in [2.05, 4.69) is 11.9 Å². The lowest BCUT2D eigenvalue weighted by atomic mass is 10.2. The summed E-state index contributed by atoms with van der Waals surface area (Å²) in [6, 6.07) is 0. The third-order valence-electron chi connectivity index (χ3n) is 1.35. The van der Waals surface area contributed by atoms with Gasteiger partial charge in [-0.25, -0.2) is 4.98 Å². The maximum Gasteiger partial charge on any atom is 0.181 e. The maximum atomic E-state index is 8.71. The predicted molar refractivity (Wildman–Crippen MR) is 36.4 cm³/mol. The first-order chi connectivity index (χ1) is 4.88. The fourth-order valence-electron chi connectivity index (χ4n) is 0.853. The van der Waals surface area contributed by atoms with Crippen molar-refractivity contribution in [3.8, 4) is 0 Å². The molecule has 0 radical (unpaired) electrons. The summed E-state index contributed by atoms with van der Waals surface area (Å²) in [5.41, 5.74) is 0.668. The van der Waals surface area contributed by atoms with Gasteiger partial charge in [0.2, 0.25) is 0 Å². The van der Waals surface area contributed by atoms with E-state index in [1.807, 2.05) is 0 Å². The number of aryl methyl sites for hydroxylation is 1. The van der Waals surface area contributed by atoms with Crippen LogP contribution in [0.2, 0.25) is 0 Å². The zero-order chi connectivity index (χ0) is 7.40. The Balaban J connectivity index is 2.70. The molecule has 0 amide bonds. The van der Waals surface area contributed by atoms with Crippen LogP contribution in [-0.4, -0.2) is 10.1 Å².